The van der Waals surface area contributed by atoms with Gasteiger partial charge in [-0.3, -0.25) is 0 Å². The lowest BCUT2D eigenvalue weighted by Gasteiger charge is -2.22. The fraction of sp³-hybridized carbons (Fsp3) is 0.571. The summed E-state index contributed by atoms with van der Waals surface area (Å²) in [5.41, 5.74) is 7.99. The fourth-order valence-corrected chi connectivity index (χ4v) is 4.57. The standard InChI is InChI=1S/C14H22N2O2S/c1-10-5-6-12(15)13(11(10)2)19(17,18)16-8-7-14(3,4)9-16/h5-6H,7-9,15H2,1-4H3. The second-order valence-electron chi connectivity index (χ2n) is 6.18. The first-order valence-corrected chi connectivity index (χ1v) is 7.95. The van der Waals surface area contributed by atoms with Crippen molar-refractivity contribution in [3.8, 4) is 0 Å². The zero-order chi connectivity index (χ0) is 14.4. The predicted molar refractivity (Wildman–Crippen MR) is 77.5 cm³/mol. The minimum atomic E-state index is -3.49. The Morgan fingerprint density at radius 2 is 1.89 bits per heavy atom. The molecule has 19 heavy (non-hydrogen) atoms. The molecule has 0 radical (unpaired) electrons. The van der Waals surface area contributed by atoms with E-state index in [1.807, 2.05) is 19.9 Å². The summed E-state index contributed by atoms with van der Waals surface area (Å²) in [6.45, 7) is 9.04. The Hall–Kier alpha value is -1.07. The highest BCUT2D eigenvalue weighted by Crippen LogP contribution is 2.35. The molecule has 1 aromatic rings. The molecule has 1 fully saturated rings. The molecule has 1 saturated heterocycles. The number of nitrogens with two attached hydrogens (primary N) is 1. The lowest BCUT2D eigenvalue weighted by atomic mass is 9.93. The zero-order valence-corrected chi connectivity index (χ0v) is 12.8. The molecule has 2 rings (SSSR count). The van der Waals surface area contributed by atoms with Crippen molar-refractivity contribution in [2.24, 2.45) is 5.41 Å². The normalized spacial score (nSPS) is 19.8. The van der Waals surface area contributed by atoms with Crippen molar-refractivity contribution >= 4 is 15.7 Å². The van der Waals surface area contributed by atoms with E-state index < -0.39 is 10.0 Å². The molecule has 0 unspecified atom stereocenters. The van der Waals surface area contributed by atoms with Crippen molar-refractivity contribution in [1.29, 1.82) is 0 Å². The summed E-state index contributed by atoms with van der Waals surface area (Å²) in [7, 11) is -3.49. The van der Waals surface area contributed by atoms with E-state index in [-0.39, 0.29) is 10.3 Å². The molecular formula is C14H22N2O2S. The van der Waals surface area contributed by atoms with Crippen molar-refractivity contribution in [2.45, 2.75) is 39.0 Å². The Labute approximate surface area is 115 Å². The largest absolute Gasteiger partial charge is 0.398 e. The van der Waals surface area contributed by atoms with Crippen molar-refractivity contribution in [1.82, 2.24) is 4.31 Å². The van der Waals surface area contributed by atoms with Gasteiger partial charge in [-0.15, -0.1) is 0 Å². The third-order valence-corrected chi connectivity index (χ3v) is 6.00. The molecule has 0 aromatic heterocycles. The van der Waals surface area contributed by atoms with Crippen molar-refractivity contribution in [3.05, 3.63) is 23.3 Å². The van der Waals surface area contributed by atoms with E-state index >= 15 is 0 Å². The number of aryl methyl sites for hydroxylation is 1. The molecule has 1 aliphatic heterocycles. The van der Waals surface area contributed by atoms with Gasteiger partial charge in [0.05, 0.1) is 5.69 Å². The first-order chi connectivity index (χ1) is 8.65. The van der Waals surface area contributed by atoms with Gasteiger partial charge in [-0.05, 0) is 42.9 Å². The molecule has 1 aliphatic rings. The highest BCUT2D eigenvalue weighted by molar-refractivity contribution is 7.89. The van der Waals surface area contributed by atoms with Gasteiger partial charge in [0.25, 0.3) is 0 Å². The van der Waals surface area contributed by atoms with Crippen molar-refractivity contribution in [3.63, 3.8) is 0 Å². The monoisotopic (exact) mass is 282 g/mol. The number of anilines is 1. The van der Waals surface area contributed by atoms with Crippen LogP contribution in [0.4, 0.5) is 5.69 Å². The average molecular weight is 282 g/mol. The van der Waals surface area contributed by atoms with E-state index in [2.05, 4.69) is 13.8 Å². The molecule has 0 amide bonds. The quantitative estimate of drug-likeness (QED) is 0.847. The van der Waals surface area contributed by atoms with Gasteiger partial charge in [0, 0.05) is 13.1 Å². The van der Waals surface area contributed by atoms with Crippen LogP contribution in [0.3, 0.4) is 0 Å². The lowest BCUT2D eigenvalue weighted by molar-refractivity contribution is 0.375. The number of benzene rings is 1. The van der Waals surface area contributed by atoms with E-state index in [1.165, 1.54) is 0 Å². The number of nitrogens with zero attached hydrogens (tertiary/aromatic N) is 1. The Morgan fingerprint density at radius 3 is 2.42 bits per heavy atom. The number of sulfonamides is 1. The number of hydrogen-bond donors (Lipinski definition) is 1. The smallest absolute Gasteiger partial charge is 0.245 e. The molecule has 0 atom stereocenters. The molecule has 0 saturated carbocycles. The van der Waals surface area contributed by atoms with Crippen LogP contribution in [0.5, 0.6) is 0 Å². The minimum absolute atomic E-state index is 0.0412. The molecule has 1 aromatic carbocycles. The fourth-order valence-electron chi connectivity index (χ4n) is 2.55. The third kappa shape index (κ3) is 2.49. The highest BCUT2D eigenvalue weighted by atomic mass is 32.2. The van der Waals surface area contributed by atoms with Crippen LogP contribution in [-0.4, -0.2) is 25.8 Å². The first kappa shape index (κ1) is 14.3. The summed E-state index contributed by atoms with van der Waals surface area (Å²) < 4.78 is 27.1. The van der Waals surface area contributed by atoms with Gasteiger partial charge >= 0.3 is 0 Å². The molecule has 1 heterocycles. The maximum atomic E-state index is 12.8. The molecular weight excluding hydrogens is 260 g/mol. The van der Waals surface area contributed by atoms with Crippen LogP contribution in [0.25, 0.3) is 0 Å². The summed E-state index contributed by atoms with van der Waals surface area (Å²) in [4.78, 5) is 0.283. The summed E-state index contributed by atoms with van der Waals surface area (Å²) in [5.74, 6) is 0. The van der Waals surface area contributed by atoms with E-state index in [0.717, 1.165) is 17.5 Å². The molecule has 106 valence electrons. The number of hydrogen-bond acceptors (Lipinski definition) is 3. The van der Waals surface area contributed by atoms with Crippen LogP contribution in [0.15, 0.2) is 17.0 Å². The molecule has 0 spiro atoms. The van der Waals surface area contributed by atoms with Crippen LogP contribution >= 0.6 is 0 Å². The zero-order valence-electron chi connectivity index (χ0n) is 12.0. The maximum absolute atomic E-state index is 12.8. The summed E-state index contributed by atoms with van der Waals surface area (Å²) >= 11 is 0. The van der Waals surface area contributed by atoms with Gasteiger partial charge < -0.3 is 5.73 Å². The summed E-state index contributed by atoms with van der Waals surface area (Å²) in [5, 5.41) is 0. The summed E-state index contributed by atoms with van der Waals surface area (Å²) in [6.07, 6.45) is 0.886. The maximum Gasteiger partial charge on any atom is 0.245 e. The Morgan fingerprint density at radius 1 is 1.26 bits per heavy atom. The minimum Gasteiger partial charge on any atom is -0.398 e. The van der Waals surface area contributed by atoms with E-state index in [0.29, 0.717) is 18.8 Å². The molecule has 5 heteroatoms. The molecule has 0 aliphatic carbocycles. The predicted octanol–water partition coefficient (Wildman–Crippen LogP) is 2.31. The van der Waals surface area contributed by atoms with Gasteiger partial charge in [-0.1, -0.05) is 19.9 Å². The topological polar surface area (TPSA) is 63.4 Å². The van der Waals surface area contributed by atoms with Crippen LogP contribution in [0.1, 0.15) is 31.4 Å². The number of nitrogen functional groups attached to an aromatic ring is 1. The lowest BCUT2D eigenvalue weighted by Crippen LogP contribution is -2.31. The summed E-state index contributed by atoms with van der Waals surface area (Å²) in [6, 6.07) is 3.54. The van der Waals surface area contributed by atoms with E-state index in [1.54, 1.807) is 10.4 Å². The van der Waals surface area contributed by atoms with Crippen LogP contribution in [0.2, 0.25) is 0 Å². The van der Waals surface area contributed by atoms with Gasteiger partial charge in [0.2, 0.25) is 10.0 Å². The average Bonchev–Trinajstić information content (AvgIpc) is 2.65. The second-order valence-corrected chi connectivity index (χ2v) is 8.05. The second kappa shape index (κ2) is 4.49. The first-order valence-electron chi connectivity index (χ1n) is 6.51. The van der Waals surface area contributed by atoms with Gasteiger partial charge in [0.1, 0.15) is 4.90 Å². The molecule has 0 bridgehead atoms. The Kier molecular flexibility index (Phi) is 3.39. The van der Waals surface area contributed by atoms with Crippen molar-refractivity contribution < 1.29 is 8.42 Å². The van der Waals surface area contributed by atoms with E-state index in [4.69, 9.17) is 5.73 Å². The molecule has 4 nitrogen and oxygen atoms in total. The number of rotatable bonds is 2. The Balaban J connectivity index is 2.50. The SMILES string of the molecule is Cc1ccc(N)c(S(=O)(=O)N2CCC(C)(C)C2)c1C. The third-order valence-electron chi connectivity index (χ3n) is 3.95. The van der Waals surface area contributed by atoms with E-state index in [9.17, 15) is 8.42 Å². The van der Waals surface area contributed by atoms with Crippen LogP contribution in [0, 0.1) is 19.3 Å². The van der Waals surface area contributed by atoms with Crippen molar-refractivity contribution in [2.75, 3.05) is 18.8 Å². The van der Waals surface area contributed by atoms with Gasteiger partial charge in [-0.2, -0.15) is 4.31 Å². The van der Waals surface area contributed by atoms with Gasteiger partial charge in [0.15, 0.2) is 0 Å². The molecule has 2 N–H and O–H groups in total. The van der Waals surface area contributed by atoms with Crippen LogP contribution in [-0.2, 0) is 10.0 Å². The Bertz CT molecular complexity index is 606. The highest BCUT2D eigenvalue weighted by Gasteiger charge is 2.38. The van der Waals surface area contributed by atoms with Gasteiger partial charge in [-0.25, -0.2) is 8.42 Å². The van der Waals surface area contributed by atoms with Crippen LogP contribution < -0.4 is 5.73 Å².